The summed E-state index contributed by atoms with van der Waals surface area (Å²) in [6, 6.07) is 12.7. The molecule has 2 N–H and O–H groups in total. The number of nitrogens with zero attached hydrogens (tertiary/aromatic N) is 4. The molecule has 1 aromatic carbocycles. The standard InChI is InChI=1S/C18H22N6S.HI/c1-19-18(21-8-7-17-6-3-9-25-17)22-11-15-4-2-5-16(10-15)12-24-14-20-13-23-24;/h2-6,9-10,13-14H,7-8,11-12H2,1H3,(H2,19,21,22);1H. The molecule has 3 aromatic rings. The number of rotatable bonds is 7. The highest BCUT2D eigenvalue weighted by molar-refractivity contribution is 14.0. The summed E-state index contributed by atoms with van der Waals surface area (Å²) < 4.78 is 1.82. The third-order valence-electron chi connectivity index (χ3n) is 3.73. The van der Waals surface area contributed by atoms with Gasteiger partial charge in [0.15, 0.2) is 5.96 Å². The molecule has 0 aliphatic rings. The maximum absolute atomic E-state index is 4.28. The van der Waals surface area contributed by atoms with Crippen molar-refractivity contribution in [2.24, 2.45) is 4.99 Å². The molecule has 2 aromatic heterocycles. The largest absolute Gasteiger partial charge is 0.356 e. The lowest BCUT2D eigenvalue weighted by atomic mass is 10.1. The second-order valence-corrected chi connectivity index (χ2v) is 6.63. The van der Waals surface area contributed by atoms with Crippen LogP contribution < -0.4 is 10.6 Å². The summed E-state index contributed by atoms with van der Waals surface area (Å²) in [6.07, 6.45) is 4.29. The first-order chi connectivity index (χ1) is 12.3. The molecule has 2 heterocycles. The molecule has 0 atom stereocenters. The Morgan fingerprint density at radius 3 is 2.81 bits per heavy atom. The lowest BCUT2D eigenvalue weighted by Crippen LogP contribution is -2.37. The Morgan fingerprint density at radius 2 is 2.08 bits per heavy atom. The van der Waals surface area contributed by atoms with E-state index in [9.17, 15) is 0 Å². The summed E-state index contributed by atoms with van der Waals surface area (Å²) in [4.78, 5) is 9.63. The van der Waals surface area contributed by atoms with Crippen molar-refractivity contribution in [3.63, 3.8) is 0 Å². The Hall–Kier alpha value is -1.94. The maximum atomic E-state index is 4.28. The van der Waals surface area contributed by atoms with Crippen LogP contribution >= 0.6 is 35.3 Å². The Kier molecular flexibility index (Phi) is 8.56. The molecule has 0 unspecified atom stereocenters. The van der Waals surface area contributed by atoms with Gasteiger partial charge in [-0.1, -0.05) is 30.3 Å². The Bertz CT molecular complexity index is 786. The molecule has 0 spiro atoms. The molecule has 6 nitrogen and oxygen atoms in total. The normalized spacial score (nSPS) is 11.0. The first-order valence-corrected chi connectivity index (χ1v) is 9.08. The molecular weight excluding hydrogens is 459 g/mol. The zero-order valence-electron chi connectivity index (χ0n) is 14.6. The number of hydrogen-bond donors (Lipinski definition) is 2. The van der Waals surface area contributed by atoms with Gasteiger partial charge >= 0.3 is 0 Å². The number of hydrogen-bond acceptors (Lipinski definition) is 4. The summed E-state index contributed by atoms with van der Waals surface area (Å²) >= 11 is 1.78. The summed E-state index contributed by atoms with van der Waals surface area (Å²) in [7, 11) is 1.79. The second kappa shape index (κ2) is 10.9. The summed E-state index contributed by atoms with van der Waals surface area (Å²) in [6.45, 7) is 2.32. The number of benzene rings is 1. The van der Waals surface area contributed by atoms with E-state index in [2.05, 4.69) is 67.5 Å². The molecule has 0 saturated carbocycles. The van der Waals surface area contributed by atoms with E-state index in [0.717, 1.165) is 32.0 Å². The lowest BCUT2D eigenvalue weighted by Gasteiger charge is -2.12. The predicted octanol–water partition coefficient (Wildman–Crippen LogP) is 2.91. The first kappa shape index (κ1) is 20.4. The second-order valence-electron chi connectivity index (χ2n) is 5.59. The third kappa shape index (κ3) is 6.41. The summed E-state index contributed by atoms with van der Waals surface area (Å²) in [5, 5.41) is 13.0. The van der Waals surface area contributed by atoms with Crippen LogP contribution in [0.15, 0.2) is 59.4 Å². The number of halogens is 1. The van der Waals surface area contributed by atoms with Gasteiger partial charge in [-0.05, 0) is 29.0 Å². The van der Waals surface area contributed by atoms with Crippen molar-refractivity contribution in [3.05, 3.63) is 70.4 Å². The van der Waals surface area contributed by atoms with Crippen molar-refractivity contribution in [2.75, 3.05) is 13.6 Å². The fraction of sp³-hybridized carbons (Fsp3) is 0.278. The van der Waals surface area contributed by atoms with E-state index >= 15 is 0 Å². The van der Waals surface area contributed by atoms with Crippen molar-refractivity contribution in [3.8, 4) is 0 Å². The van der Waals surface area contributed by atoms with Gasteiger partial charge in [0.2, 0.25) is 0 Å². The van der Waals surface area contributed by atoms with E-state index in [4.69, 9.17) is 0 Å². The van der Waals surface area contributed by atoms with E-state index in [-0.39, 0.29) is 24.0 Å². The molecule has 0 bridgehead atoms. The zero-order chi connectivity index (χ0) is 17.3. The lowest BCUT2D eigenvalue weighted by molar-refractivity contribution is 0.683. The van der Waals surface area contributed by atoms with E-state index in [1.807, 2.05) is 4.68 Å². The van der Waals surface area contributed by atoms with Crippen LogP contribution in [0.2, 0.25) is 0 Å². The zero-order valence-corrected chi connectivity index (χ0v) is 17.8. The number of nitrogens with one attached hydrogen (secondary N) is 2. The van der Waals surface area contributed by atoms with Gasteiger partial charge in [0.25, 0.3) is 0 Å². The quantitative estimate of drug-likeness (QED) is 0.309. The van der Waals surface area contributed by atoms with Gasteiger partial charge in [0.1, 0.15) is 12.7 Å². The maximum Gasteiger partial charge on any atom is 0.191 e. The van der Waals surface area contributed by atoms with Crippen LogP contribution in [0.25, 0.3) is 0 Å². The molecule has 0 aliphatic heterocycles. The molecule has 0 amide bonds. The third-order valence-corrected chi connectivity index (χ3v) is 4.67. The van der Waals surface area contributed by atoms with Crippen molar-refractivity contribution in [1.82, 2.24) is 25.4 Å². The highest BCUT2D eigenvalue weighted by Crippen LogP contribution is 2.08. The van der Waals surface area contributed by atoms with Gasteiger partial charge in [-0.25, -0.2) is 9.67 Å². The van der Waals surface area contributed by atoms with Crippen molar-refractivity contribution in [2.45, 2.75) is 19.5 Å². The van der Waals surface area contributed by atoms with Crippen LogP contribution in [0.3, 0.4) is 0 Å². The highest BCUT2D eigenvalue weighted by atomic mass is 127. The molecule has 0 fully saturated rings. The van der Waals surface area contributed by atoms with Crippen molar-refractivity contribution < 1.29 is 0 Å². The highest BCUT2D eigenvalue weighted by Gasteiger charge is 2.01. The molecule has 0 radical (unpaired) electrons. The van der Waals surface area contributed by atoms with Crippen LogP contribution in [0.1, 0.15) is 16.0 Å². The van der Waals surface area contributed by atoms with E-state index < -0.39 is 0 Å². The SMILES string of the molecule is CN=C(NCCc1cccs1)NCc1cccc(Cn2cncn2)c1.I. The summed E-state index contributed by atoms with van der Waals surface area (Å²) in [5.74, 6) is 0.818. The predicted molar refractivity (Wildman–Crippen MR) is 117 cm³/mol. The van der Waals surface area contributed by atoms with Gasteiger partial charge in [0.05, 0.1) is 6.54 Å². The molecule has 0 saturated heterocycles. The number of aliphatic imine (C=N–C) groups is 1. The minimum Gasteiger partial charge on any atom is -0.356 e. The number of thiophene rings is 1. The minimum absolute atomic E-state index is 0. The fourth-order valence-corrected chi connectivity index (χ4v) is 3.21. The molecule has 26 heavy (non-hydrogen) atoms. The van der Waals surface area contributed by atoms with E-state index in [1.54, 1.807) is 31.0 Å². The van der Waals surface area contributed by atoms with E-state index in [0.29, 0.717) is 0 Å². The Labute approximate surface area is 174 Å². The average Bonchev–Trinajstić information content (AvgIpc) is 3.32. The van der Waals surface area contributed by atoms with Gasteiger partial charge in [0, 0.05) is 25.0 Å². The average molecular weight is 482 g/mol. The van der Waals surface area contributed by atoms with E-state index in [1.165, 1.54) is 16.0 Å². The Morgan fingerprint density at radius 1 is 1.19 bits per heavy atom. The van der Waals surface area contributed by atoms with Crippen molar-refractivity contribution >= 4 is 41.3 Å². The van der Waals surface area contributed by atoms with Crippen LogP contribution in [0.5, 0.6) is 0 Å². The molecular formula is C18H23IN6S. The molecule has 0 aliphatic carbocycles. The molecule has 138 valence electrons. The first-order valence-electron chi connectivity index (χ1n) is 8.20. The van der Waals surface area contributed by atoms with Crippen LogP contribution in [-0.2, 0) is 19.5 Å². The van der Waals surface area contributed by atoms with Gasteiger partial charge in [-0.2, -0.15) is 5.10 Å². The van der Waals surface area contributed by atoms with Crippen LogP contribution in [0.4, 0.5) is 0 Å². The van der Waals surface area contributed by atoms with Gasteiger partial charge < -0.3 is 10.6 Å². The minimum atomic E-state index is 0. The van der Waals surface area contributed by atoms with Crippen LogP contribution in [0, 0.1) is 0 Å². The van der Waals surface area contributed by atoms with Crippen LogP contribution in [-0.4, -0.2) is 34.3 Å². The number of guanidine groups is 1. The number of aromatic nitrogens is 3. The smallest absolute Gasteiger partial charge is 0.191 e. The molecule has 3 rings (SSSR count). The Balaban J connectivity index is 0.00000243. The van der Waals surface area contributed by atoms with Gasteiger partial charge in [-0.3, -0.25) is 4.99 Å². The topological polar surface area (TPSA) is 67.1 Å². The van der Waals surface area contributed by atoms with Gasteiger partial charge in [-0.15, -0.1) is 35.3 Å². The monoisotopic (exact) mass is 482 g/mol. The summed E-state index contributed by atoms with van der Waals surface area (Å²) in [5.41, 5.74) is 2.41. The molecule has 8 heteroatoms. The fourth-order valence-electron chi connectivity index (χ4n) is 2.50. The van der Waals surface area contributed by atoms with Crippen molar-refractivity contribution in [1.29, 1.82) is 0 Å².